The number of nitrogens with one attached hydrogen (secondary N) is 1. The molecule has 2 heteroatoms. The van der Waals surface area contributed by atoms with E-state index in [1.54, 1.807) is 0 Å². The largest absolute Gasteiger partial charge is 0.329 e. The van der Waals surface area contributed by atoms with Crippen molar-refractivity contribution in [3.05, 3.63) is 0 Å². The Morgan fingerprint density at radius 3 is 2.71 bits per heavy atom. The fourth-order valence-corrected chi connectivity index (χ4v) is 3.52. The maximum Gasteiger partial charge on any atom is 0.0337 e. The number of hydrogen-bond donors (Lipinski definition) is 2. The number of fused-ring (bicyclic) bond motifs is 2. The van der Waals surface area contributed by atoms with Gasteiger partial charge in [0.15, 0.2) is 0 Å². The zero-order valence-electron chi connectivity index (χ0n) is 9.55. The molecule has 2 nitrogen and oxygen atoms in total. The Morgan fingerprint density at radius 1 is 1.50 bits per heavy atom. The summed E-state index contributed by atoms with van der Waals surface area (Å²) < 4.78 is 0. The molecule has 3 N–H and O–H groups in total. The SMILES string of the molecule is CCC(C)NC1(CN)CC2CCC1C2. The van der Waals surface area contributed by atoms with E-state index in [1.807, 2.05) is 0 Å². The summed E-state index contributed by atoms with van der Waals surface area (Å²) in [5, 5.41) is 3.80. The second-order valence-corrected chi connectivity index (χ2v) is 5.39. The van der Waals surface area contributed by atoms with Crippen LogP contribution in [0.5, 0.6) is 0 Å². The van der Waals surface area contributed by atoms with Crippen molar-refractivity contribution in [1.29, 1.82) is 0 Å². The molecule has 2 fully saturated rings. The summed E-state index contributed by atoms with van der Waals surface area (Å²) in [5.74, 6) is 1.84. The monoisotopic (exact) mass is 196 g/mol. The molecule has 4 unspecified atom stereocenters. The van der Waals surface area contributed by atoms with E-state index in [9.17, 15) is 0 Å². The van der Waals surface area contributed by atoms with Crippen molar-refractivity contribution in [2.75, 3.05) is 6.54 Å². The van der Waals surface area contributed by atoms with E-state index < -0.39 is 0 Å². The summed E-state index contributed by atoms with van der Waals surface area (Å²) >= 11 is 0. The third-order valence-corrected chi connectivity index (χ3v) is 4.49. The van der Waals surface area contributed by atoms with Crippen molar-refractivity contribution in [3.63, 3.8) is 0 Å². The van der Waals surface area contributed by atoms with Crippen molar-refractivity contribution >= 4 is 0 Å². The number of hydrogen-bond acceptors (Lipinski definition) is 2. The van der Waals surface area contributed by atoms with Crippen LogP contribution in [0, 0.1) is 11.8 Å². The van der Waals surface area contributed by atoms with Crippen LogP contribution in [0.4, 0.5) is 0 Å². The Hall–Kier alpha value is -0.0800. The first-order valence-electron chi connectivity index (χ1n) is 6.18. The molecule has 0 aromatic carbocycles. The van der Waals surface area contributed by atoms with Crippen LogP contribution in [0.1, 0.15) is 46.0 Å². The Kier molecular flexibility index (Phi) is 2.85. The van der Waals surface area contributed by atoms with Gasteiger partial charge in [-0.2, -0.15) is 0 Å². The maximum absolute atomic E-state index is 6.00. The smallest absolute Gasteiger partial charge is 0.0337 e. The van der Waals surface area contributed by atoms with Crippen LogP contribution >= 0.6 is 0 Å². The lowest BCUT2D eigenvalue weighted by Gasteiger charge is -2.40. The number of nitrogens with two attached hydrogens (primary N) is 1. The van der Waals surface area contributed by atoms with Crippen molar-refractivity contribution in [2.24, 2.45) is 17.6 Å². The maximum atomic E-state index is 6.00. The molecule has 0 saturated heterocycles. The molecule has 0 aliphatic heterocycles. The highest BCUT2D eigenvalue weighted by Gasteiger charge is 2.50. The summed E-state index contributed by atoms with van der Waals surface area (Å²) in [4.78, 5) is 0. The van der Waals surface area contributed by atoms with Crippen LogP contribution in [0.25, 0.3) is 0 Å². The van der Waals surface area contributed by atoms with Crippen LogP contribution in [-0.4, -0.2) is 18.1 Å². The van der Waals surface area contributed by atoms with E-state index in [-0.39, 0.29) is 0 Å². The van der Waals surface area contributed by atoms with Crippen molar-refractivity contribution in [3.8, 4) is 0 Å². The molecule has 0 aromatic rings. The highest BCUT2D eigenvalue weighted by Crippen LogP contribution is 2.50. The summed E-state index contributed by atoms with van der Waals surface area (Å²) in [6, 6.07) is 0.623. The van der Waals surface area contributed by atoms with Gasteiger partial charge in [-0.05, 0) is 44.4 Å². The van der Waals surface area contributed by atoms with E-state index in [0.29, 0.717) is 11.6 Å². The minimum atomic E-state index is 0.304. The fraction of sp³-hybridized carbons (Fsp3) is 1.00. The summed E-state index contributed by atoms with van der Waals surface area (Å²) in [5.41, 5.74) is 6.30. The van der Waals surface area contributed by atoms with Gasteiger partial charge in [-0.1, -0.05) is 13.3 Å². The van der Waals surface area contributed by atoms with Crippen LogP contribution < -0.4 is 11.1 Å². The summed E-state index contributed by atoms with van der Waals surface area (Å²) in [7, 11) is 0. The molecule has 0 heterocycles. The molecule has 2 saturated carbocycles. The van der Waals surface area contributed by atoms with E-state index >= 15 is 0 Å². The first-order chi connectivity index (χ1) is 6.70. The number of rotatable bonds is 4. The highest BCUT2D eigenvalue weighted by molar-refractivity contribution is 5.07. The van der Waals surface area contributed by atoms with Gasteiger partial charge in [0.2, 0.25) is 0 Å². The lowest BCUT2D eigenvalue weighted by Crippen LogP contribution is -2.57. The average molecular weight is 196 g/mol. The van der Waals surface area contributed by atoms with Gasteiger partial charge in [-0.15, -0.1) is 0 Å². The second kappa shape index (κ2) is 3.82. The van der Waals surface area contributed by atoms with Crippen molar-refractivity contribution in [1.82, 2.24) is 5.32 Å². The zero-order chi connectivity index (χ0) is 10.2. The third-order valence-electron chi connectivity index (χ3n) is 4.49. The Bertz CT molecular complexity index is 204. The molecule has 2 aliphatic rings. The summed E-state index contributed by atoms with van der Waals surface area (Å²) in [6.07, 6.45) is 6.83. The first-order valence-corrected chi connectivity index (χ1v) is 6.18. The van der Waals surface area contributed by atoms with Gasteiger partial charge >= 0.3 is 0 Å². The van der Waals surface area contributed by atoms with Gasteiger partial charge in [0, 0.05) is 18.1 Å². The van der Waals surface area contributed by atoms with E-state index in [4.69, 9.17) is 5.73 Å². The van der Waals surface area contributed by atoms with Gasteiger partial charge in [0.1, 0.15) is 0 Å². The van der Waals surface area contributed by atoms with Crippen LogP contribution in [-0.2, 0) is 0 Å². The summed E-state index contributed by atoms with van der Waals surface area (Å²) in [6.45, 7) is 5.36. The Morgan fingerprint density at radius 2 is 2.29 bits per heavy atom. The molecule has 0 amide bonds. The van der Waals surface area contributed by atoms with Crippen LogP contribution in [0.2, 0.25) is 0 Å². The molecule has 0 radical (unpaired) electrons. The Balaban J connectivity index is 2.03. The molecule has 2 aliphatic carbocycles. The van der Waals surface area contributed by atoms with E-state index in [1.165, 1.54) is 32.1 Å². The van der Waals surface area contributed by atoms with Gasteiger partial charge in [0.25, 0.3) is 0 Å². The first kappa shape index (κ1) is 10.4. The third kappa shape index (κ3) is 1.59. The standard InChI is InChI=1S/C12H24N2/c1-3-9(2)14-12(8-13)7-10-4-5-11(12)6-10/h9-11,14H,3-8,13H2,1-2H3. The molecule has 4 atom stereocenters. The van der Waals surface area contributed by atoms with Gasteiger partial charge in [-0.3, -0.25) is 0 Å². The predicted molar refractivity (Wildman–Crippen MR) is 60.1 cm³/mol. The van der Waals surface area contributed by atoms with E-state index in [2.05, 4.69) is 19.2 Å². The minimum Gasteiger partial charge on any atom is -0.329 e. The average Bonchev–Trinajstić information content (AvgIpc) is 2.77. The molecule has 0 aromatic heterocycles. The van der Waals surface area contributed by atoms with Crippen LogP contribution in [0.15, 0.2) is 0 Å². The zero-order valence-corrected chi connectivity index (χ0v) is 9.55. The van der Waals surface area contributed by atoms with Crippen LogP contribution in [0.3, 0.4) is 0 Å². The molecule has 2 rings (SSSR count). The highest BCUT2D eigenvalue weighted by atomic mass is 15.0. The molecule has 14 heavy (non-hydrogen) atoms. The quantitative estimate of drug-likeness (QED) is 0.720. The topological polar surface area (TPSA) is 38.0 Å². The van der Waals surface area contributed by atoms with Gasteiger partial charge < -0.3 is 11.1 Å². The van der Waals surface area contributed by atoms with Gasteiger partial charge in [0.05, 0.1) is 0 Å². The normalized spacial score (nSPS) is 43.1. The lowest BCUT2D eigenvalue weighted by atomic mass is 9.80. The van der Waals surface area contributed by atoms with Crippen molar-refractivity contribution < 1.29 is 0 Å². The lowest BCUT2D eigenvalue weighted by molar-refractivity contribution is 0.195. The minimum absolute atomic E-state index is 0.304. The molecule has 2 bridgehead atoms. The molecular weight excluding hydrogens is 172 g/mol. The van der Waals surface area contributed by atoms with Crippen molar-refractivity contribution in [2.45, 2.75) is 57.5 Å². The fourth-order valence-electron chi connectivity index (χ4n) is 3.52. The van der Waals surface area contributed by atoms with E-state index in [0.717, 1.165) is 18.4 Å². The Labute approximate surface area is 87.6 Å². The van der Waals surface area contributed by atoms with Gasteiger partial charge in [-0.25, -0.2) is 0 Å². The molecular formula is C12H24N2. The molecule has 0 spiro atoms. The second-order valence-electron chi connectivity index (χ2n) is 5.39. The molecule has 82 valence electrons. The predicted octanol–water partition coefficient (Wildman–Crippen LogP) is 1.89.